The molecule has 4 rings (SSSR count). The quantitative estimate of drug-likeness (QED) is 0.414. The predicted molar refractivity (Wildman–Crippen MR) is 125 cm³/mol. The van der Waals surface area contributed by atoms with Crippen LogP contribution in [-0.4, -0.2) is 73.1 Å². The van der Waals surface area contributed by atoms with Crippen molar-refractivity contribution < 1.29 is 24.2 Å². The second kappa shape index (κ2) is 9.77. The SMILES string of the molecule is COc1ccc(C(O)=C2C(=O)C(=O)N(CCN3CCOCC3)[C@@H]2c2ccc(C)cc2)c(C)c1. The molecular formula is C26H30N2O5. The molecule has 1 atom stereocenters. The zero-order valence-electron chi connectivity index (χ0n) is 19.3. The molecule has 1 N–H and O–H groups in total. The summed E-state index contributed by atoms with van der Waals surface area (Å²) in [5, 5.41) is 11.3. The Morgan fingerprint density at radius 3 is 2.39 bits per heavy atom. The number of methoxy groups -OCH3 is 1. The Labute approximate surface area is 194 Å². The molecule has 33 heavy (non-hydrogen) atoms. The molecule has 7 nitrogen and oxygen atoms in total. The second-order valence-corrected chi connectivity index (χ2v) is 8.54. The topological polar surface area (TPSA) is 79.3 Å². The highest BCUT2D eigenvalue weighted by Crippen LogP contribution is 2.40. The van der Waals surface area contributed by atoms with Gasteiger partial charge in [-0.3, -0.25) is 14.5 Å². The lowest BCUT2D eigenvalue weighted by Gasteiger charge is -2.31. The highest BCUT2D eigenvalue weighted by atomic mass is 16.5. The Morgan fingerprint density at radius 2 is 1.76 bits per heavy atom. The molecule has 2 aliphatic rings. The minimum absolute atomic E-state index is 0.124. The first-order valence-corrected chi connectivity index (χ1v) is 11.2. The van der Waals surface area contributed by atoms with Crippen LogP contribution in [0.15, 0.2) is 48.0 Å². The van der Waals surface area contributed by atoms with Crippen LogP contribution in [0.5, 0.6) is 5.75 Å². The van der Waals surface area contributed by atoms with E-state index in [2.05, 4.69) is 4.90 Å². The number of aliphatic hydroxyl groups excluding tert-OH is 1. The Kier molecular flexibility index (Phi) is 6.81. The van der Waals surface area contributed by atoms with Gasteiger partial charge in [0.05, 0.1) is 31.9 Å². The van der Waals surface area contributed by atoms with E-state index in [4.69, 9.17) is 9.47 Å². The highest BCUT2D eigenvalue weighted by molar-refractivity contribution is 6.46. The lowest BCUT2D eigenvalue weighted by Crippen LogP contribution is -2.42. The van der Waals surface area contributed by atoms with Gasteiger partial charge >= 0.3 is 0 Å². The molecule has 2 fully saturated rings. The molecule has 0 spiro atoms. The van der Waals surface area contributed by atoms with Crippen molar-refractivity contribution in [3.8, 4) is 5.75 Å². The van der Waals surface area contributed by atoms with Crippen LogP contribution in [-0.2, 0) is 14.3 Å². The molecule has 0 unspecified atom stereocenters. The number of likely N-dealkylation sites (tertiary alicyclic amines) is 1. The number of hydrogen-bond acceptors (Lipinski definition) is 6. The molecule has 2 aromatic carbocycles. The van der Waals surface area contributed by atoms with Crippen LogP contribution < -0.4 is 4.74 Å². The molecule has 2 heterocycles. The molecule has 2 aliphatic heterocycles. The Morgan fingerprint density at radius 1 is 1.06 bits per heavy atom. The summed E-state index contributed by atoms with van der Waals surface area (Å²) in [6.07, 6.45) is 0. The molecule has 174 valence electrons. The van der Waals surface area contributed by atoms with Crippen molar-refractivity contribution in [1.82, 2.24) is 9.80 Å². The van der Waals surface area contributed by atoms with Gasteiger partial charge in [0, 0.05) is 31.7 Å². The summed E-state index contributed by atoms with van der Waals surface area (Å²) in [7, 11) is 1.58. The van der Waals surface area contributed by atoms with Crippen molar-refractivity contribution in [3.63, 3.8) is 0 Å². The lowest BCUT2D eigenvalue weighted by molar-refractivity contribution is -0.140. The largest absolute Gasteiger partial charge is 0.507 e. The smallest absolute Gasteiger partial charge is 0.295 e. The van der Waals surface area contributed by atoms with Crippen LogP contribution in [0, 0.1) is 13.8 Å². The average Bonchev–Trinajstić information content (AvgIpc) is 3.08. The minimum atomic E-state index is -0.657. The molecule has 0 saturated carbocycles. The number of rotatable bonds is 6. The predicted octanol–water partition coefficient (Wildman–Crippen LogP) is 3.07. The number of aliphatic hydroxyl groups is 1. The Bertz CT molecular complexity index is 1070. The van der Waals surface area contributed by atoms with Gasteiger partial charge in [0.15, 0.2) is 0 Å². The van der Waals surface area contributed by atoms with Gasteiger partial charge in [0.2, 0.25) is 0 Å². The summed E-state index contributed by atoms with van der Waals surface area (Å²) in [5.74, 6) is -0.741. The molecule has 7 heteroatoms. The summed E-state index contributed by atoms with van der Waals surface area (Å²) >= 11 is 0. The van der Waals surface area contributed by atoms with E-state index in [1.54, 1.807) is 30.2 Å². The molecule has 0 aliphatic carbocycles. The minimum Gasteiger partial charge on any atom is -0.507 e. The maximum absolute atomic E-state index is 13.2. The molecule has 0 radical (unpaired) electrons. The van der Waals surface area contributed by atoms with Gasteiger partial charge in [-0.1, -0.05) is 29.8 Å². The summed E-state index contributed by atoms with van der Waals surface area (Å²) in [4.78, 5) is 30.1. The Balaban J connectivity index is 1.75. The first kappa shape index (κ1) is 23.0. The van der Waals surface area contributed by atoms with Crippen molar-refractivity contribution in [2.45, 2.75) is 19.9 Å². The Hall–Kier alpha value is -3.16. The second-order valence-electron chi connectivity index (χ2n) is 8.54. The maximum Gasteiger partial charge on any atom is 0.295 e. The number of benzene rings is 2. The number of carbonyl (C=O) groups is 2. The summed E-state index contributed by atoms with van der Waals surface area (Å²) in [6, 6.07) is 12.3. The van der Waals surface area contributed by atoms with E-state index in [9.17, 15) is 14.7 Å². The number of ketones is 1. The van der Waals surface area contributed by atoms with Gasteiger partial charge in [-0.05, 0) is 43.2 Å². The van der Waals surface area contributed by atoms with Crippen LogP contribution in [0.3, 0.4) is 0 Å². The number of carbonyl (C=O) groups excluding carboxylic acids is 2. The first-order chi connectivity index (χ1) is 15.9. The van der Waals surface area contributed by atoms with Crippen LogP contribution in [0.1, 0.15) is 28.3 Å². The van der Waals surface area contributed by atoms with Gasteiger partial charge in [0.25, 0.3) is 11.7 Å². The van der Waals surface area contributed by atoms with E-state index in [0.29, 0.717) is 37.6 Å². The third-order valence-electron chi connectivity index (χ3n) is 6.38. The van der Waals surface area contributed by atoms with Crippen molar-refractivity contribution in [3.05, 3.63) is 70.3 Å². The van der Waals surface area contributed by atoms with E-state index in [1.807, 2.05) is 38.1 Å². The third-order valence-corrected chi connectivity index (χ3v) is 6.38. The lowest BCUT2D eigenvalue weighted by atomic mass is 9.93. The summed E-state index contributed by atoms with van der Waals surface area (Å²) < 4.78 is 10.7. The fourth-order valence-corrected chi connectivity index (χ4v) is 4.45. The van der Waals surface area contributed by atoms with Crippen LogP contribution >= 0.6 is 0 Å². The van der Waals surface area contributed by atoms with Crippen molar-refractivity contribution in [1.29, 1.82) is 0 Å². The summed E-state index contributed by atoms with van der Waals surface area (Å²) in [6.45, 7) is 7.77. The molecular weight excluding hydrogens is 420 g/mol. The monoisotopic (exact) mass is 450 g/mol. The maximum atomic E-state index is 13.2. The standard InChI is InChI=1S/C26H30N2O5/c1-17-4-6-19(7-5-17)23-22(24(29)21-9-8-20(32-3)16-18(21)2)25(30)26(31)28(23)11-10-27-12-14-33-15-13-27/h4-9,16,23,29H,10-15H2,1-3H3/t23-/m1/s1. The van der Waals surface area contributed by atoms with Gasteiger partial charge in [-0.2, -0.15) is 0 Å². The van der Waals surface area contributed by atoms with Crippen molar-refractivity contribution >= 4 is 17.4 Å². The summed E-state index contributed by atoms with van der Waals surface area (Å²) in [5.41, 5.74) is 3.27. The van der Waals surface area contributed by atoms with Gasteiger partial charge in [-0.15, -0.1) is 0 Å². The molecule has 0 bridgehead atoms. The van der Waals surface area contributed by atoms with E-state index in [1.165, 1.54) is 0 Å². The van der Waals surface area contributed by atoms with E-state index >= 15 is 0 Å². The van der Waals surface area contributed by atoms with Crippen LogP contribution in [0.4, 0.5) is 0 Å². The zero-order chi connectivity index (χ0) is 23.5. The number of Topliss-reactive ketones (excluding diaryl/α,β-unsaturated/α-hetero) is 1. The normalized spacial score (nSPS) is 20.9. The van der Waals surface area contributed by atoms with Crippen molar-refractivity contribution in [2.75, 3.05) is 46.5 Å². The highest BCUT2D eigenvalue weighted by Gasteiger charge is 2.46. The average molecular weight is 451 g/mol. The number of hydrogen-bond donors (Lipinski definition) is 1. The third kappa shape index (κ3) is 4.65. The van der Waals surface area contributed by atoms with E-state index in [0.717, 1.165) is 29.8 Å². The zero-order valence-corrected chi connectivity index (χ0v) is 19.3. The molecule has 2 aromatic rings. The van der Waals surface area contributed by atoms with Gasteiger partial charge in [-0.25, -0.2) is 0 Å². The van der Waals surface area contributed by atoms with Crippen molar-refractivity contribution in [2.24, 2.45) is 0 Å². The fourth-order valence-electron chi connectivity index (χ4n) is 4.45. The number of aryl methyl sites for hydroxylation is 2. The number of morpholine rings is 1. The van der Waals surface area contributed by atoms with E-state index in [-0.39, 0.29) is 11.3 Å². The number of amides is 1. The fraction of sp³-hybridized carbons (Fsp3) is 0.385. The molecule has 1 amide bonds. The van der Waals surface area contributed by atoms with Gasteiger partial charge < -0.3 is 19.5 Å². The number of ether oxygens (including phenoxy) is 2. The van der Waals surface area contributed by atoms with Gasteiger partial charge in [0.1, 0.15) is 11.5 Å². The van der Waals surface area contributed by atoms with Crippen LogP contribution in [0.25, 0.3) is 5.76 Å². The van der Waals surface area contributed by atoms with E-state index < -0.39 is 17.7 Å². The molecule has 0 aromatic heterocycles. The number of nitrogens with zero attached hydrogens (tertiary/aromatic N) is 2. The van der Waals surface area contributed by atoms with Crippen LogP contribution in [0.2, 0.25) is 0 Å². The molecule has 2 saturated heterocycles. The first-order valence-electron chi connectivity index (χ1n) is 11.2.